The van der Waals surface area contributed by atoms with Crippen molar-refractivity contribution in [2.45, 2.75) is 341 Å². The number of likely N-dealkylation sites (N-methyl/N-ethyl adjacent to an activating group) is 1. The number of carbonyl (C=O) groups excluding carboxylic acids is 2. The molecule has 0 aromatic heterocycles. The first-order chi connectivity index (χ1) is 39.0. The molecule has 0 aromatic carbocycles. The number of quaternary nitrogens is 1. The number of nitrogens with zero attached hydrogens (tertiary/aromatic N) is 1. The van der Waals surface area contributed by atoms with Crippen LogP contribution in [-0.2, 0) is 32.7 Å². The summed E-state index contributed by atoms with van der Waals surface area (Å²) in [7, 11) is 1.18. The molecule has 0 rings (SSSR count). The number of ether oxygens (including phenoxy) is 2. The highest BCUT2D eigenvalue weighted by Crippen LogP contribution is 2.38. The number of carbonyl (C=O) groups is 2. The van der Waals surface area contributed by atoms with Gasteiger partial charge in [-0.15, -0.1) is 0 Å². The number of phosphoric acid groups is 1. The molecule has 0 aliphatic carbocycles. The lowest BCUT2D eigenvalue weighted by Crippen LogP contribution is -2.37. The number of unbranched alkanes of at least 4 members (excludes halogenated alkanes) is 42. The van der Waals surface area contributed by atoms with Crippen molar-refractivity contribution in [1.82, 2.24) is 0 Å². The lowest BCUT2D eigenvalue weighted by Gasteiger charge is -2.28. The van der Waals surface area contributed by atoms with Crippen LogP contribution in [0.15, 0.2) is 48.6 Å². The molecule has 0 N–H and O–H groups in total. The van der Waals surface area contributed by atoms with E-state index in [1.54, 1.807) is 0 Å². The Kier molecular flexibility index (Phi) is 60.0. The first-order valence-corrected chi connectivity index (χ1v) is 35.8. The highest BCUT2D eigenvalue weighted by atomic mass is 31.2. The monoisotopic (exact) mass is 1150 g/mol. The van der Waals surface area contributed by atoms with Crippen LogP contribution in [0.5, 0.6) is 0 Å². The van der Waals surface area contributed by atoms with Crippen molar-refractivity contribution in [3.05, 3.63) is 48.6 Å². The second-order valence-corrected chi connectivity index (χ2v) is 25.9. The zero-order valence-corrected chi connectivity index (χ0v) is 54.4. The molecule has 0 amide bonds. The summed E-state index contributed by atoms with van der Waals surface area (Å²) in [6.07, 6.45) is 79.1. The van der Waals surface area contributed by atoms with E-state index < -0.39 is 26.5 Å². The topological polar surface area (TPSA) is 111 Å². The third-order valence-electron chi connectivity index (χ3n) is 15.3. The van der Waals surface area contributed by atoms with Gasteiger partial charge in [0.05, 0.1) is 27.7 Å². The van der Waals surface area contributed by atoms with Gasteiger partial charge < -0.3 is 27.9 Å². The molecule has 0 radical (unpaired) electrons. The zero-order chi connectivity index (χ0) is 58.4. The molecule has 9 nitrogen and oxygen atoms in total. The van der Waals surface area contributed by atoms with Gasteiger partial charge in [-0.05, 0) is 77.0 Å². The van der Waals surface area contributed by atoms with Crippen molar-refractivity contribution in [1.29, 1.82) is 0 Å². The van der Waals surface area contributed by atoms with Gasteiger partial charge in [-0.25, -0.2) is 0 Å². The van der Waals surface area contributed by atoms with Crippen LogP contribution in [0.25, 0.3) is 0 Å². The molecule has 0 aliphatic rings. The fourth-order valence-electron chi connectivity index (χ4n) is 10.0. The molecular formula is C70H132NO8P. The normalized spacial score (nSPS) is 13.4. The van der Waals surface area contributed by atoms with Crippen LogP contribution in [0.1, 0.15) is 335 Å². The smallest absolute Gasteiger partial charge is 0.306 e. The van der Waals surface area contributed by atoms with Gasteiger partial charge in [0.15, 0.2) is 6.10 Å². The average molecular weight is 1150 g/mol. The van der Waals surface area contributed by atoms with Crippen LogP contribution in [-0.4, -0.2) is 70.0 Å². The molecule has 0 fully saturated rings. The highest BCUT2D eigenvalue weighted by Gasteiger charge is 2.22. The average Bonchev–Trinajstić information content (AvgIpc) is 3.42. The molecule has 2 unspecified atom stereocenters. The Hall–Kier alpha value is -2.03. The Bertz CT molecular complexity index is 1490. The maximum Gasteiger partial charge on any atom is 0.306 e. The molecule has 0 spiro atoms. The SMILES string of the molecule is CCCCCCC/C=C\C/C=C\CCCCCCCCCCCCCCCCCCCCCCCCCC(=O)OC(COC(=O)CCCCCCCCCCC/C=C\C/C=C\CCCCCCC)COP(=O)([O-])OCC[N+](C)(C)C. The second kappa shape index (κ2) is 61.5. The van der Waals surface area contributed by atoms with E-state index in [1.165, 1.54) is 257 Å². The van der Waals surface area contributed by atoms with Crippen LogP contribution < -0.4 is 4.89 Å². The fraction of sp³-hybridized carbons (Fsp3) is 0.857. The van der Waals surface area contributed by atoms with E-state index in [0.717, 1.165) is 44.9 Å². The van der Waals surface area contributed by atoms with Gasteiger partial charge in [0, 0.05) is 12.8 Å². The summed E-state index contributed by atoms with van der Waals surface area (Å²) in [6.45, 7) is 4.26. The number of hydrogen-bond donors (Lipinski definition) is 0. The molecule has 2 atom stereocenters. The van der Waals surface area contributed by atoms with Crippen molar-refractivity contribution in [3.8, 4) is 0 Å². The lowest BCUT2D eigenvalue weighted by atomic mass is 10.0. The first-order valence-electron chi connectivity index (χ1n) is 34.3. The molecule has 470 valence electrons. The Morgan fingerprint density at radius 2 is 0.675 bits per heavy atom. The Balaban J connectivity index is 3.98. The largest absolute Gasteiger partial charge is 0.756 e. The van der Waals surface area contributed by atoms with E-state index in [0.29, 0.717) is 17.4 Å². The molecule has 0 aliphatic heterocycles. The van der Waals surface area contributed by atoms with Gasteiger partial charge in [0.2, 0.25) is 0 Å². The van der Waals surface area contributed by atoms with Gasteiger partial charge >= 0.3 is 11.9 Å². The number of allylic oxidation sites excluding steroid dienone is 8. The zero-order valence-electron chi connectivity index (χ0n) is 53.5. The standard InChI is InChI=1S/C70H132NO8P/c1-6-8-10-12-14-16-18-20-22-24-26-28-29-30-31-32-33-34-35-36-37-38-39-40-41-43-45-47-49-51-53-55-57-59-61-63-70(73)79-68(67-78-80(74,75)77-65-64-71(3,4)5)66-76-69(72)62-60-58-56-54-52-50-48-46-44-42-27-25-23-21-19-17-15-13-11-9-7-2/h18-21,24-27,68H,6-17,22-23,28-67H2,1-5H3/b20-18-,21-19-,26-24-,27-25-. The van der Waals surface area contributed by atoms with Crippen molar-refractivity contribution < 1.29 is 42.1 Å². The number of esters is 2. The van der Waals surface area contributed by atoms with Gasteiger partial charge in [-0.3, -0.25) is 14.2 Å². The van der Waals surface area contributed by atoms with Crippen molar-refractivity contribution >= 4 is 19.8 Å². The van der Waals surface area contributed by atoms with Crippen molar-refractivity contribution in [3.63, 3.8) is 0 Å². The minimum atomic E-state index is -4.64. The first kappa shape index (κ1) is 78.0. The van der Waals surface area contributed by atoms with Crippen LogP contribution in [0.3, 0.4) is 0 Å². The van der Waals surface area contributed by atoms with E-state index >= 15 is 0 Å². The third kappa shape index (κ3) is 65.1. The molecule has 0 saturated heterocycles. The summed E-state index contributed by atoms with van der Waals surface area (Å²) in [5, 5.41) is 0. The molecule has 0 bridgehead atoms. The van der Waals surface area contributed by atoms with E-state index in [4.69, 9.17) is 18.5 Å². The molecular weight excluding hydrogens is 1010 g/mol. The Labute approximate surface area is 496 Å². The van der Waals surface area contributed by atoms with Gasteiger partial charge in [-0.2, -0.15) is 0 Å². The van der Waals surface area contributed by atoms with Gasteiger partial charge in [0.25, 0.3) is 7.82 Å². The molecule has 0 saturated carbocycles. The minimum Gasteiger partial charge on any atom is -0.756 e. The summed E-state index contributed by atoms with van der Waals surface area (Å²) < 4.78 is 34.3. The van der Waals surface area contributed by atoms with Gasteiger partial charge in [0.1, 0.15) is 19.8 Å². The fourth-order valence-corrected chi connectivity index (χ4v) is 10.7. The van der Waals surface area contributed by atoms with Crippen molar-refractivity contribution in [2.75, 3.05) is 47.5 Å². The second-order valence-electron chi connectivity index (χ2n) is 24.5. The predicted octanol–water partition coefficient (Wildman–Crippen LogP) is 21.4. The molecule has 80 heavy (non-hydrogen) atoms. The van der Waals surface area contributed by atoms with Crippen molar-refractivity contribution in [2.24, 2.45) is 0 Å². The summed E-state index contributed by atoms with van der Waals surface area (Å²) in [5.41, 5.74) is 0. The van der Waals surface area contributed by atoms with E-state index in [-0.39, 0.29) is 32.0 Å². The van der Waals surface area contributed by atoms with Crippen LogP contribution in [0, 0.1) is 0 Å². The maximum absolute atomic E-state index is 12.9. The summed E-state index contributed by atoms with van der Waals surface area (Å²) >= 11 is 0. The van der Waals surface area contributed by atoms with E-state index in [2.05, 4.69) is 62.5 Å². The molecule has 0 heterocycles. The maximum atomic E-state index is 12.9. The van der Waals surface area contributed by atoms with Gasteiger partial charge in [-0.1, -0.05) is 294 Å². The lowest BCUT2D eigenvalue weighted by molar-refractivity contribution is -0.870. The van der Waals surface area contributed by atoms with Crippen LogP contribution in [0.2, 0.25) is 0 Å². The van der Waals surface area contributed by atoms with E-state index in [1.807, 2.05) is 21.1 Å². The third-order valence-corrected chi connectivity index (χ3v) is 16.3. The number of rotatable bonds is 64. The molecule has 10 heteroatoms. The summed E-state index contributed by atoms with van der Waals surface area (Å²) in [6, 6.07) is 0. The Morgan fingerprint density at radius 3 is 0.988 bits per heavy atom. The predicted molar refractivity (Wildman–Crippen MR) is 342 cm³/mol. The van der Waals surface area contributed by atoms with E-state index in [9.17, 15) is 19.0 Å². The Morgan fingerprint density at radius 1 is 0.388 bits per heavy atom. The quantitative estimate of drug-likeness (QED) is 0.0195. The summed E-state index contributed by atoms with van der Waals surface area (Å²) in [5.74, 6) is -0.822. The summed E-state index contributed by atoms with van der Waals surface area (Å²) in [4.78, 5) is 38.0. The molecule has 0 aromatic rings. The highest BCUT2D eigenvalue weighted by molar-refractivity contribution is 7.45. The minimum absolute atomic E-state index is 0.0302. The van der Waals surface area contributed by atoms with Crippen LogP contribution in [0.4, 0.5) is 0 Å². The number of hydrogen-bond acceptors (Lipinski definition) is 8. The number of phosphoric ester groups is 1. The van der Waals surface area contributed by atoms with Crippen LogP contribution >= 0.6 is 7.82 Å².